The van der Waals surface area contributed by atoms with Crippen molar-refractivity contribution in [2.24, 2.45) is 0 Å². The number of hydrogen-bond donors (Lipinski definition) is 1. The molecule has 2 N–H and O–H groups in total. The molecule has 2 aromatic carbocycles. The lowest BCUT2D eigenvalue weighted by atomic mass is 10.1. The number of anilines is 1. The highest BCUT2D eigenvalue weighted by Crippen LogP contribution is 2.42. The lowest BCUT2D eigenvalue weighted by molar-refractivity contribution is 0.639. The molecule has 2 aromatic heterocycles. The second-order valence-corrected chi connectivity index (χ2v) is 7.05. The molecule has 1 saturated carbocycles. The predicted molar refractivity (Wildman–Crippen MR) is 96.1 cm³/mol. The van der Waals surface area contributed by atoms with Gasteiger partial charge in [-0.25, -0.2) is 14.6 Å². The van der Waals surface area contributed by atoms with Gasteiger partial charge in [0.2, 0.25) is 0 Å². The Labute approximate surface area is 142 Å². The summed E-state index contributed by atoms with van der Waals surface area (Å²) in [5, 5.41) is 8.99. The Balaban J connectivity index is 1.69. The minimum atomic E-state index is 0.448. The lowest BCUT2D eigenvalue weighted by Crippen LogP contribution is -1.98. The van der Waals surface area contributed by atoms with Crippen molar-refractivity contribution < 1.29 is 0 Å². The fraction of sp³-hybridized carbons (Fsp3) is 0.167. The van der Waals surface area contributed by atoms with E-state index in [1.165, 1.54) is 22.0 Å². The van der Waals surface area contributed by atoms with Gasteiger partial charge in [-0.15, -0.1) is 0 Å². The SMILES string of the molecule is Nc1ncnc2c1c(Sc1cccc3ccccc13)nn2C1CC1. The summed E-state index contributed by atoms with van der Waals surface area (Å²) in [6.07, 6.45) is 3.82. The average Bonchev–Trinajstić information content (AvgIpc) is 3.38. The van der Waals surface area contributed by atoms with Gasteiger partial charge in [0, 0.05) is 4.90 Å². The molecule has 0 spiro atoms. The smallest absolute Gasteiger partial charge is 0.164 e. The van der Waals surface area contributed by atoms with Gasteiger partial charge in [-0.3, -0.25) is 0 Å². The molecule has 0 atom stereocenters. The molecule has 118 valence electrons. The molecule has 1 aliphatic rings. The molecule has 5 nitrogen and oxygen atoms in total. The summed E-state index contributed by atoms with van der Waals surface area (Å²) < 4.78 is 2.01. The number of aromatic nitrogens is 4. The van der Waals surface area contributed by atoms with Crippen LogP contribution in [0, 0.1) is 0 Å². The van der Waals surface area contributed by atoms with Crippen LogP contribution in [0.15, 0.2) is 58.7 Å². The van der Waals surface area contributed by atoms with Crippen LogP contribution in [-0.4, -0.2) is 19.7 Å². The molecular weight excluding hydrogens is 318 g/mol. The number of rotatable bonds is 3. The van der Waals surface area contributed by atoms with Gasteiger partial charge in [-0.2, -0.15) is 5.10 Å². The Hall–Kier alpha value is -2.60. The third-order valence-corrected chi connectivity index (χ3v) is 5.39. The molecule has 6 heteroatoms. The molecule has 0 saturated heterocycles. The molecule has 24 heavy (non-hydrogen) atoms. The second kappa shape index (κ2) is 5.21. The Morgan fingerprint density at radius 2 is 1.88 bits per heavy atom. The highest BCUT2D eigenvalue weighted by atomic mass is 32.2. The Morgan fingerprint density at radius 1 is 1.04 bits per heavy atom. The maximum Gasteiger partial charge on any atom is 0.164 e. The van der Waals surface area contributed by atoms with E-state index in [2.05, 4.69) is 52.4 Å². The fourth-order valence-electron chi connectivity index (χ4n) is 3.00. The molecule has 5 rings (SSSR count). The first kappa shape index (κ1) is 13.8. The molecule has 1 aliphatic carbocycles. The highest BCUT2D eigenvalue weighted by Gasteiger charge is 2.29. The van der Waals surface area contributed by atoms with Crippen LogP contribution in [0.4, 0.5) is 5.82 Å². The number of fused-ring (bicyclic) bond motifs is 2. The predicted octanol–water partition coefficient (Wildman–Crippen LogP) is 4.05. The topological polar surface area (TPSA) is 69.6 Å². The number of benzene rings is 2. The zero-order valence-electron chi connectivity index (χ0n) is 12.9. The standard InChI is InChI=1S/C18H15N5S/c19-16-15-17(21-10-20-16)23(12-8-9-12)22-18(15)24-14-7-3-5-11-4-1-2-6-13(11)14/h1-7,10,12H,8-9H2,(H2,19,20,21). The van der Waals surface area contributed by atoms with Gasteiger partial charge in [0.1, 0.15) is 17.2 Å². The van der Waals surface area contributed by atoms with E-state index < -0.39 is 0 Å². The van der Waals surface area contributed by atoms with Crippen molar-refractivity contribution in [1.29, 1.82) is 0 Å². The van der Waals surface area contributed by atoms with Crippen molar-refractivity contribution in [3.63, 3.8) is 0 Å². The maximum absolute atomic E-state index is 6.14. The highest BCUT2D eigenvalue weighted by molar-refractivity contribution is 7.99. The number of nitrogens with zero attached hydrogens (tertiary/aromatic N) is 4. The zero-order valence-corrected chi connectivity index (χ0v) is 13.7. The Morgan fingerprint density at radius 3 is 2.75 bits per heavy atom. The Kier molecular flexibility index (Phi) is 2.99. The second-order valence-electron chi connectivity index (χ2n) is 6.02. The molecule has 2 heterocycles. The molecular formula is C18H15N5S. The van der Waals surface area contributed by atoms with Crippen molar-refractivity contribution in [2.45, 2.75) is 28.8 Å². The molecule has 0 unspecified atom stereocenters. The first-order chi connectivity index (χ1) is 11.8. The summed E-state index contributed by atoms with van der Waals surface area (Å²) in [5.41, 5.74) is 6.98. The largest absolute Gasteiger partial charge is 0.383 e. The first-order valence-electron chi connectivity index (χ1n) is 7.95. The average molecular weight is 333 g/mol. The van der Waals surface area contributed by atoms with Crippen molar-refractivity contribution in [2.75, 3.05) is 5.73 Å². The van der Waals surface area contributed by atoms with Gasteiger partial charge >= 0.3 is 0 Å². The van der Waals surface area contributed by atoms with E-state index in [-0.39, 0.29) is 0 Å². The van der Waals surface area contributed by atoms with Gasteiger partial charge in [-0.05, 0) is 29.7 Å². The summed E-state index contributed by atoms with van der Waals surface area (Å²) in [7, 11) is 0. The van der Waals surface area contributed by atoms with E-state index in [4.69, 9.17) is 10.8 Å². The van der Waals surface area contributed by atoms with Gasteiger partial charge in [0.05, 0.1) is 11.4 Å². The number of nitrogen functional groups attached to an aromatic ring is 1. The maximum atomic E-state index is 6.14. The van der Waals surface area contributed by atoms with Crippen LogP contribution in [0.25, 0.3) is 21.8 Å². The molecule has 0 aliphatic heterocycles. The monoisotopic (exact) mass is 333 g/mol. The van der Waals surface area contributed by atoms with Crippen LogP contribution in [0.3, 0.4) is 0 Å². The van der Waals surface area contributed by atoms with Crippen molar-refractivity contribution >= 4 is 39.4 Å². The van der Waals surface area contributed by atoms with Gasteiger partial charge in [0.25, 0.3) is 0 Å². The molecule has 0 amide bonds. The van der Waals surface area contributed by atoms with E-state index in [1.54, 1.807) is 11.8 Å². The summed E-state index contributed by atoms with van der Waals surface area (Å²) in [4.78, 5) is 9.75. The summed E-state index contributed by atoms with van der Waals surface area (Å²) >= 11 is 1.63. The van der Waals surface area contributed by atoms with Crippen LogP contribution < -0.4 is 5.73 Å². The van der Waals surface area contributed by atoms with E-state index in [1.807, 2.05) is 4.68 Å². The summed E-state index contributed by atoms with van der Waals surface area (Å²) in [6.45, 7) is 0. The minimum absolute atomic E-state index is 0.448. The van der Waals surface area contributed by atoms with Gasteiger partial charge in [0.15, 0.2) is 5.65 Å². The number of nitrogens with two attached hydrogens (primary N) is 1. The van der Waals surface area contributed by atoms with Crippen molar-refractivity contribution in [1.82, 2.24) is 19.7 Å². The third-order valence-electron chi connectivity index (χ3n) is 4.34. The van der Waals surface area contributed by atoms with Crippen LogP contribution in [-0.2, 0) is 0 Å². The van der Waals surface area contributed by atoms with Crippen LogP contribution in [0.5, 0.6) is 0 Å². The normalized spacial score (nSPS) is 14.5. The summed E-state index contributed by atoms with van der Waals surface area (Å²) in [5.74, 6) is 0.495. The summed E-state index contributed by atoms with van der Waals surface area (Å²) in [6, 6.07) is 15.1. The first-order valence-corrected chi connectivity index (χ1v) is 8.77. The van der Waals surface area contributed by atoms with Crippen LogP contribution >= 0.6 is 11.8 Å². The Bertz CT molecular complexity index is 1060. The molecule has 1 fully saturated rings. The zero-order chi connectivity index (χ0) is 16.1. The fourth-order valence-corrected chi connectivity index (χ4v) is 4.07. The van der Waals surface area contributed by atoms with Crippen molar-refractivity contribution in [3.05, 3.63) is 48.8 Å². The van der Waals surface area contributed by atoms with E-state index in [0.29, 0.717) is 11.9 Å². The van der Waals surface area contributed by atoms with E-state index in [9.17, 15) is 0 Å². The third kappa shape index (κ3) is 2.14. The number of hydrogen-bond acceptors (Lipinski definition) is 5. The molecule has 0 radical (unpaired) electrons. The van der Waals surface area contributed by atoms with E-state index in [0.717, 1.165) is 28.9 Å². The lowest BCUT2D eigenvalue weighted by Gasteiger charge is -2.04. The van der Waals surface area contributed by atoms with E-state index >= 15 is 0 Å². The minimum Gasteiger partial charge on any atom is -0.383 e. The van der Waals surface area contributed by atoms with Crippen LogP contribution in [0.1, 0.15) is 18.9 Å². The molecule has 0 bridgehead atoms. The van der Waals surface area contributed by atoms with Crippen molar-refractivity contribution in [3.8, 4) is 0 Å². The molecule has 4 aromatic rings. The quantitative estimate of drug-likeness (QED) is 0.612. The van der Waals surface area contributed by atoms with Crippen LogP contribution in [0.2, 0.25) is 0 Å². The van der Waals surface area contributed by atoms with Gasteiger partial charge < -0.3 is 5.73 Å². The van der Waals surface area contributed by atoms with Gasteiger partial charge in [-0.1, -0.05) is 48.2 Å².